The molecule has 1 rings (SSSR count). The lowest BCUT2D eigenvalue weighted by Crippen LogP contribution is -2.11. The largest absolute Gasteiger partial charge is 0.0876 e. The van der Waals surface area contributed by atoms with Gasteiger partial charge < -0.3 is 0 Å². The van der Waals surface area contributed by atoms with Crippen molar-refractivity contribution in [3.8, 4) is 0 Å². The molecule has 0 heterocycles. The van der Waals surface area contributed by atoms with E-state index in [1.165, 1.54) is 11.1 Å². The van der Waals surface area contributed by atoms with Gasteiger partial charge in [0.2, 0.25) is 0 Å². The number of halogens is 2. The second kappa shape index (κ2) is 4.02. The van der Waals surface area contributed by atoms with E-state index in [1.54, 1.807) is 0 Å². The van der Waals surface area contributed by atoms with Gasteiger partial charge in [0.05, 0.1) is 0 Å². The fraction of sp³-hybridized carbons (Fsp3) is 0.455. The zero-order valence-corrected chi connectivity index (χ0v) is 10.5. The summed E-state index contributed by atoms with van der Waals surface area (Å²) in [6.45, 7) is 6.57. The van der Waals surface area contributed by atoms with E-state index >= 15 is 0 Å². The van der Waals surface area contributed by atoms with Crippen LogP contribution in [0.25, 0.3) is 0 Å². The van der Waals surface area contributed by atoms with Gasteiger partial charge in [-0.1, -0.05) is 54.4 Å². The van der Waals surface area contributed by atoms with Crippen LogP contribution in [0.2, 0.25) is 5.02 Å². The molecule has 0 spiro atoms. The quantitative estimate of drug-likeness (QED) is 0.652. The minimum atomic E-state index is 0.168. The standard InChI is InChI=1S/C11H14BrCl/c1-11(2,3)9-4-8(7-12)5-10(13)6-9/h4-6H,7H2,1-3H3. The van der Waals surface area contributed by atoms with Crippen molar-refractivity contribution in [2.75, 3.05) is 0 Å². The van der Waals surface area contributed by atoms with E-state index < -0.39 is 0 Å². The molecule has 0 radical (unpaired) electrons. The summed E-state index contributed by atoms with van der Waals surface area (Å²) in [5.74, 6) is 0. The van der Waals surface area contributed by atoms with Gasteiger partial charge in [0, 0.05) is 10.4 Å². The van der Waals surface area contributed by atoms with Gasteiger partial charge in [-0.15, -0.1) is 0 Å². The lowest BCUT2D eigenvalue weighted by molar-refractivity contribution is 0.589. The Bertz CT molecular complexity index is 299. The highest BCUT2D eigenvalue weighted by Gasteiger charge is 2.14. The Morgan fingerprint density at radius 3 is 2.31 bits per heavy atom. The van der Waals surface area contributed by atoms with Crippen LogP contribution < -0.4 is 0 Å². The van der Waals surface area contributed by atoms with Crippen LogP contribution in [0, 0.1) is 0 Å². The highest BCUT2D eigenvalue weighted by atomic mass is 79.9. The van der Waals surface area contributed by atoms with Crippen LogP contribution in [0.1, 0.15) is 31.9 Å². The molecule has 0 aliphatic carbocycles. The number of hydrogen-bond acceptors (Lipinski definition) is 0. The maximum Gasteiger partial charge on any atom is 0.0411 e. The van der Waals surface area contributed by atoms with E-state index in [0.717, 1.165) is 10.4 Å². The van der Waals surface area contributed by atoms with Crippen molar-refractivity contribution in [2.45, 2.75) is 31.5 Å². The molecule has 0 nitrogen and oxygen atoms in total. The smallest absolute Gasteiger partial charge is 0.0411 e. The van der Waals surface area contributed by atoms with Crippen molar-refractivity contribution >= 4 is 27.5 Å². The Morgan fingerprint density at radius 1 is 1.23 bits per heavy atom. The number of alkyl halides is 1. The van der Waals surface area contributed by atoms with Crippen molar-refractivity contribution in [3.05, 3.63) is 34.3 Å². The molecule has 0 aliphatic rings. The highest BCUT2D eigenvalue weighted by molar-refractivity contribution is 9.08. The third-order valence-corrected chi connectivity index (χ3v) is 2.84. The molecule has 0 atom stereocenters. The van der Waals surface area contributed by atoms with Crippen molar-refractivity contribution in [1.29, 1.82) is 0 Å². The topological polar surface area (TPSA) is 0 Å². The van der Waals surface area contributed by atoms with Crippen LogP contribution >= 0.6 is 27.5 Å². The number of benzene rings is 1. The molecule has 0 N–H and O–H groups in total. The Hall–Kier alpha value is -0.0100. The van der Waals surface area contributed by atoms with Crippen molar-refractivity contribution in [2.24, 2.45) is 0 Å². The van der Waals surface area contributed by atoms with Crippen LogP contribution in [-0.4, -0.2) is 0 Å². The SMILES string of the molecule is CC(C)(C)c1cc(Cl)cc(CBr)c1. The van der Waals surface area contributed by atoms with Gasteiger partial charge in [-0.2, -0.15) is 0 Å². The molecule has 0 aliphatic heterocycles. The molecular formula is C11H14BrCl. The lowest BCUT2D eigenvalue weighted by atomic mass is 9.86. The molecule has 0 amide bonds. The van der Waals surface area contributed by atoms with Crippen LogP contribution in [0.15, 0.2) is 18.2 Å². The van der Waals surface area contributed by atoms with E-state index in [1.807, 2.05) is 12.1 Å². The average Bonchev–Trinajstić information content (AvgIpc) is 2.01. The zero-order chi connectivity index (χ0) is 10.1. The van der Waals surface area contributed by atoms with Gasteiger partial charge in [0.25, 0.3) is 0 Å². The normalized spacial score (nSPS) is 11.8. The summed E-state index contributed by atoms with van der Waals surface area (Å²) in [4.78, 5) is 0. The van der Waals surface area contributed by atoms with Crippen LogP contribution in [0.5, 0.6) is 0 Å². The van der Waals surface area contributed by atoms with E-state index in [9.17, 15) is 0 Å². The molecule has 13 heavy (non-hydrogen) atoms. The fourth-order valence-electron chi connectivity index (χ4n) is 1.16. The molecule has 1 aromatic carbocycles. The first-order valence-electron chi connectivity index (χ1n) is 4.29. The van der Waals surface area contributed by atoms with Crippen LogP contribution in [0.3, 0.4) is 0 Å². The van der Waals surface area contributed by atoms with Gasteiger partial charge in [-0.05, 0) is 28.7 Å². The molecule has 72 valence electrons. The lowest BCUT2D eigenvalue weighted by Gasteiger charge is -2.20. The summed E-state index contributed by atoms with van der Waals surface area (Å²) in [5.41, 5.74) is 2.69. The van der Waals surface area contributed by atoms with E-state index in [4.69, 9.17) is 11.6 Å². The second-order valence-corrected chi connectivity index (χ2v) is 5.23. The Balaban J connectivity index is 3.16. The molecule has 0 saturated heterocycles. The first-order valence-corrected chi connectivity index (χ1v) is 5.79. The monoisotopic (exact) mass is 260 g/mol. The van der Waals surface area contributed by atoms with E-state index in [2.05, 4.69) is 42.8 Å². The van der Waals surface area contributed by atoms with E-state index in [-0.39, 0.29) is 5.41 Å². The molecule has 0 saturated carbocycles. The van der Waals surface area contributed by atoms with Gasteiger partial charge in [-0.3, -0.25) is 0 Å². The average molecular weight is 262 g/mol. The summed E-state index contributed by atoms with van der Waals surface area (Å²) in [6, 6.07) is 6.22. The molecule has 1 aromatic rings. The van der Waals surface area contributed by atoms with Gasteiger partial charge >= 0.3 is 0 Å². The highest BCUT2D eigenvalue weighted by Crippen LogP contribution is 2.27. The third-order valence-electron chi connectivity index (χ3n) is 1.98. The summed E-state index contributed by atoms with van der Waals surface area (Å²) >= 11 is 9.45. The Labute approximate surface area is 93.4 Å². The van der Waals surface area contributed by atoms with Crippen LogP contribution in [-0.2, 0) is 10.7 Å². The minimum Gasteiger partial charge on any atom is -0.0876 e. The summed E-state index contributed by atoms with van der Waals surface area (Å²) < 4.78 is 0. The fourth-order valence-corrected chi connectivity index (χ4v) is 1.74. The maximum atomic E-state index is 6.01. The zero-order valence-electron chi connectivity index (χ0n) is 8.20. The van der Waals surface area contributed by atoms with Crippen LogP contribution in [0.4, 0.5) is 0 Å². The molecule has 2 heteroatoms. The minimum absolute atomic E-state index is 0.168. The van der Waals surface area contributed by atoms with Gasteiger partial charge in [0.15, 0.2) is 0 Å². The molecular weight excluding hydrogens is 247 g/mol. The molecule has 0 fully saturated rings. The summed E-state index contributed by atoms with van der Waals surface area (Å²) in [5, 5.41) is 1.68. The number of rotatable bonds is 1. The maximum absolute atomic E-state index is 6.01. The van der Waals surface area contributed by atoms with E-state index in [0.29, 0.717) is 0 Å². The predicted molar refractivity (Wildman–Crippen MR) is 62.8 cm³/mol. The first-order chi connectivity index (χ1) is 5.93. The second-order valence-electron chi connectivity index (χ2n) is 4.23. The van der Waals surface area contributed by atoms with Crippen molar-refractivity contribution in [1.82, 2.24) is 0 Å². The first kappa shape index (κ1) is 11.1. The Kier molecular flexibility index (Phi) is 3.42. The molecule has 0 aromatic heterocycles. The summed E-state index contributed by atoms with van der Waals surface area (Å²) in [7, 11) is 0. The Morgan fingerprint density at radius 2 is 1.85 bits per heavy atom. The summed E-state index contributed by atoms with van der Waals surface area (Å²) in [6.07, 6.45) is 0. The van der Waals surface area contributed by atoms with Gasteiger partial charge in [0.1, 0.15) is 0 Å². The molecule has 0 unspecified atom stereocenters. The predicted octanol–water partition coefficient (Wildman–Crippen LogP) is 4.53. The van der Waals surface area contributed by atoms with Crippen molar-refractivity contribution in [3.63, 3.8) is 0 Å². The van der Waals surface area contributed by atoms with Crippen molar-refractivity contribution < 1.29 is 0 Å². The molecule has 0 bridgehead atoms. The van der Waals surface area contributed by atoms with Gasteiger partial charge in [-0.25, -0.2) is 0 Å². The number of hydrogen-bond donors (Lipinski definition) is 0. The third kappa shape index (κ3) is 2.99.